The van der Waals surface area contributed by atoms with Crippen LogP contribution in [0.2, 0.25) is 0 Å². The Kier molecular flexibility index (Phi) is 3.95. The van der Waals surface area contributed by atoms with E-state index in [1.807, 2.05) is 16.9 Å². The molecule has 1 saturated heterocycles. The standard InChI is InChI=1S/C16H23N5O/c1-2-7-19(6-1)10-11-20-9-4-16-14(12-20)15(18-22-16)13-21-8-3-5-17-21/h3,5,8H,1-2,4,6-7,9-13H2. The first kappa shape index (κ1) is 14.0. The van der Waals surface area contributed by atoms with Gasteiger partial charge in [-0.1, -0.05) is 5.16 Å². The second-order valence-corrected chi connectivity index (χ2v) is 6.31. The fourth-order valence-corrected chi connectivity index (χ4v) is 3.47. The van der Waals surface area contributed by atoms with E-state index in [0.717, 1.165) is 37.5 Å². The maximum absolute atomic E-state index is 5.53. The molecule has 2 aliphatic rings. The maximum atomic E-state index is 5.53. The number of fused-ring (bicyclic) bond motifs is 1. The number of hydrogen-bond donors (Lipinski definition) is 0. The summed E-state index contributed by atoms with van der Waals surface area (Å²) in [7, 11) is 0. The Hall–Kier alpha value is -1.66. The average molecular weight is 301 g/mol. The van der Waals surface area contributed by atoms with Crippen LogP contribution in [-0.4, -0.2) is 57.5 Å². The van der Waals surface area contributed by atoms with E-state index in [-0.39, 0.29) is 0 Å². The van der Waals surface area contributed by atoms with Crippen molar-refractivity contribution in [2.45, 2.75) is 32.4 Å². The molecule has 2 aromatic heterocycles. The molecule has 0 N–H and O–H groups in total. The van der Waals surface area contributed by atoms with Gasteiger partial charge in [0.1, 0.15) is 11.5 Å². The van der Waals surface area contributed by atoms with Crippen LogP contribution in [0.3, 0.4) is 0 Å². The lowest BCUT2D eigenvalue weighted by molar-refractivity contribution is 0.202. The van der Waals surface area contributed by atoms with Crippen molar-refractivity contribution in [1.82, 2.24) is 24.7 Å². The van der Waals surface area contributed by atoms with Gasteiger partial charge in [-0.3, -0.25) is 9.58 Å². The highest BCUT2D eigenvalue weighted by Gasteiger charge is 2.24. The minimum absolute atomic E-state index is 0.700. The van der Waals surface area contributed by atoms with Gasteiger partial charge in [-0.05, 0) is 32.0 Å². The van der Waals surface area contributed by atoms with Gasteiger partial charge in [0.05, 0.1) is 6.54 Å². The molecule has 6 heteroatoms. The van der Waals surface area contributed by atoms with Crippen molar-refractivity contribution in [1.29, 1.82) is 0 Å². The molecule has 22 heavy (non-hydrogen) atoms. The van der Waals surface area contributed by atoms with E-state index < -0.39 is 0 Å². The molecule has 4 rings (SSSR count). The van der Waals surface area contributed by atoms with Crippen molar-refractivity contribution < 1.29 is 4.52 Å². The van der Waals surface area contributed by atoms with Crippen molar-refractivity contribution in [2.75, 3.05) is 32.7 Å². The van der Waals surface area contributed by atoms with Crippen LogP contribution < -0.4 is 0 Å². The summed E-state index contributed by atoms with van der Waals surface area (Å²) in [4.78, 5) is 5.11. The summed E-state index contributed by atoms with van der Waals surface area (Å²) in [6.45, 7) is 7.63. The second kappa shape index (κ2) is 6.22. The Labute approximate surface area is 130 Å². The fraction of sp³-hybridized carbons (Fsp3) is 0.625. The van der Waals surface area contributed by atoms with Crippen molar-refractivity contribution >= 4 is 0 Å². The molecule has 1 fully saturated rings. The topological polar surface area (TPSA) is 50.3 Å². The van der Waals surface area contributed by atoms with E-state index in [4.69, 9.17) is 4.52 Å². The lowest BCUT2D eigenvalue weighted by atomic mass is 10.1. The Balaban J connectivity index is 1.39. The van der Waals surface area contributed by atoms with E-state index in [9.17, 15) is 0 Å². The third-order valence-electron chi connectivity index (χ3n) is 4.79. The number of rotatable bonds is 5. The first-order valence-corrected chi connectivity index (χ1v) is 8.27. The minimum atomic E-state index is 0.700. The molecule has 0 unspecified atom stereocenters. The van der Waals surface area contributed by atoms with Gasteiger partial charge in [-0.15, -0.1) is 0 Å². The molecule has 4 heterocycles. The molecule has 2 aliphatic heterocycles. The van der Waals surface area contributed by atoms with Gasteiger partial charge in [0, 0.05) is 50.6 Å². The minimum Gasteiger partial charge on any atom is -0.361 e. The summed E-state index contributed by atoms with van der Waals surface area (Å²) in [6, 6.07) is 1.94. The first-order valence-electron chi connectivity index (χ1n) is 8.27. The normalized spacial score (nSPS) is 19.6. The third-order valence-corrected chi connectivity index (χ3v) is 4.79. The van der Waals surface area contributed by atoms with Crippen LogP contribution in [0.25, 0.3) is 0 Å². The summed E-state index contributed by atoms with van der Waals surface area (Å²) in [5.74, 6) is 1.07. The van der Waals surface area contributed by atoms with Gasteiger partial charge in [-0.25, -0.2) is 0 Å². The molecule has 0 aliphatic carbocycles. The third kappa shape index (κ3) is 2.94. The van der Waals surface area contributed by atoms with Crippen molar-refractivity contribution in [3.05, 3.63) is 35.5 Å². The smallest absolute Gasteiger partial charge is 0.142 e. The Bertz CT molecular complexity index is 600. The predicted molar refractivity (Wildman–Crippen MR) is 82.5 cm³/mol. The van der Waals surface area contributed by atoms with Gasteiger partial charge in [0.25, 0.3) is 0 Å². The van der Waals surface area contributed by atoms with Crippen molar-refractivity contribution in [3.63, 3.8) is 0 Å². The molecule has 0 radical (unpaired) electrons. The Morgan fingerprint density at radius 2 is 1.95 bits per heavy atom. The van der Waals surface area contributed by atoms with Gasteiger partial charge in [-0.2, -0.15) is 5.10 Å². The lowest BCUT2D eigenvalue weighted by Crippen LogP contribution is -2.37. The zero-order valence-corrected chi connectivity index (χ0v) is 12.9. The van der Waals surface area contributed by atoms with Crippen molar-refractivity contribution in [3.8, 4) is 0 Å². The van der Waals surface area contributed by atoms with E-state index >= 15 is 0 Å². The van der Waals surface area contributed by atoms with Crippen LogP contribution >= 0.6 is 0 Å². The van der Waals surface area contributed by atoms with Gasteiger partial charge in [0.15, 0.2) is 0 Å². The number of nitrogens with zero attached hydrogens (tertiary/aromatic N) is 5. The number of aromatic nitrogens is 3. The van der Waals surface area contributed by atoms with E-state index in [1.165, 1.54) is 38.0 Å². The number of likely N-dealkylation sites (tertiary alicyclic amines) is 1. The highest BCUT2D eigenvalue weighted by Crippen LogP contribution is 2.23. The monoisotopic (exact) mass is 301 g/mol. The quantitative estimate of drug-likeness (QED) is 0.835. The largest absolute Gasteiger partial charge is 0.361 e. The molecule has 0 aromatic carbocycles. The van der Waals surface area contributed by atoms with Crippen LogP contribution in [-0.2, 0) is 19.5 Å². The van der Waals surface area contributed by atoms with Crippen LogP contribution in [0.1, 0.15) is 29.9 Å². The fourth-order valence-electron chi connectivity index (χ4n) is 3.47. The lowest BCUT2D eigenvalue weighted by Gasteiger charge is -2.28. The zero-order chi connectivity index (χ0) is 14.8. The van der Waals surface area contributed by atoms with Crippen LogP contribution in [0.15, 0.2) is 23.0 Å². The average Bonchev–Trinajstić information content (AvgIpc) is 3.28. The predicted octanol–water partition coefficient (Wildman–Crippen LogP) is 1.37. The molecular formula is C16H23N5O. The summed E-state index contributed by atoms with van der Waals surface area (Å²) in [6.07, 6.45) is 7.47. The highest BCUT2D eigenvalue weighted by molar-refractivity contribution is 5.25. The van der Waals surface area contributed by atoms with Crippen molar-refractivity contribution in [2.24, 2.45) is 0 Å². The van der Waals surface area contributed by atoms with Crippen LogP contribution in [0.5, 0.6) is 0 Å². The van der Waals surface area contributed by atoms with Gasteiger partial charge in [0.2, 0.25) is 0 Å². The summed E-state index contributed by atoms with van der Waals surface area (Å²) >= 11 is 0. The molecule has 118 valence electrons. The molecule has 0 saturated carbocycles. The molecule has 6 nitrogen and oxygen atoms in total. The van der Waals surface area contributed by atoms with Crippen LogP contribution in [0, 0.1) is 0 Å². The summed E-state index contributed by atoms with van der Waals surface area (Å²) < 4.78 is 7.44. The Morgan fingerprint density at radius 3 is 2.77 bits per heavy atom. The van der Waals surface area contributed by atoms with Crippen LogP contribution in [0.4, 0.5) is 0 Å². The molecule has 2 aromatic rings. The van der Waals surface area contributed by atoms with Gasteiger partial charge < -0.3 is 9.42 Å². The summed E-state index contributed by atoms with van der Waals surface area (Å²) in [5.41, 5.74) is 2.31. The van der Waals surface area contributed by atoms with E-state index in [0.29, 0.717) is 6.54 Å². The van der Waals surface area contributed by atoms with Gasteiger partial charge >= 0.3 is 0 Å². The molecule has 0 spiro atoms. The molecule has 0 amide bonds. The molecule has 0 bridgehead atoms. The second-order valence-electron chi connectivity index (χ2n) is 6.31. The zero-order valence-electron chi connectivity index (χ0n) is 12.9. The molecular weight excluding hydrogens is 278 g/mol. The SMILES string of the molecule is c1cnn(Cc2noc3c2CN(CCN2CCCC2)CC3)c1. The maximum Gasteiger partial charge on any atom is 0.142 e. The number of hydrogen-bond acceptors (Lipinski definition) is 5. The first-order chi connectivity index (χ1) is 10.9. The Morgan fingerprint density at radius 1 is 1.09 bits per heavy atom. The van der Waals surface area contributed by atoms with E-state index in [2.05, 4.69) is 20.1 Å². The summed E-state index contributed by atoms with van der Waals surface area (Å²) in [5, 5.41) is 8.53. The highest BCUT2D eigenvalue weighted by atomic mass is 16.5. The van der Waals surface area contributed by atoms with E-state index in [1.54, 1.807) is 6.20 Å². The molecule has 0 atom stereocenters.